The van der Waals surface area contributed by atoms with E-state index < -0.39 is 0 Å². The molecule has 1 heterocycles. The molecule has 4 heteroatoms. The Balaban J connectivity index is 2.66. The van der Waals surface area contributed by atoms with Crippen LogP contribution in [-0.2, 0) is 0 Å². The van der Waals surface area contributed by atoms with Gasteiger partial charge >= 0.3 is 96.4 Å². The maximum atomic E-state index is 3.67. The van der Waals surface area contributed by atoms with Gasteiger partial charge in [-0.15, -0.1) is 0 Å². The van der Waals surface area contributed by atoms with E-state index in [1.54, 1.807) is 0 Å². The van der Waals surface area contributed by atoms with Gasteiger partial charge in [-0.1, -0.05) is 0 Å². The number of halogens is 2. The van der Waals surface area contributed by atoms with Crippen molar-refractivity contribution in [1.29, 1.82) is 0 Å². The van der Waals surface area contributed by atoms with Crippen LogP contribution in [0.2, 0.25) is 0 Å². The van der Waals surface area contributed by atoms with Gasteiger partial charge in [0, 0.05) is 0 Å². The van der Waals surface area contributed by atoms with Crippen LogP contribution in [0.4, 0.5) is 0 Å². The molecular weight excluding hydrogens is 378 g/mol. The van der Waals surface area contributed by atoms with Crippen LogP contribution in [0.5, 0.6) is 0 Å². The molecule has 1 fully saturated rings. The Bertz CT molecular complexity index is 152. The predicted molar refractivity (Wildman–Crippen MR) is 56.9 cm³/mol. The molecule has 0 unspecified atom stereocenters. The number of hydrogen-bond donors (Lipinski definition) is 1. The first-order valence-corrected chi connectivity index (χ1v) is 11.4. The van der Waals surface area contributed by atoms with Crippen molar-refractivity contribution < 1.29 is 17.5 Å². The normalized spacial score (nSPS) is 29.1. The van der Waals surface area contributed by atoms with Crippen LogP contribution in [0.15, 0.2) is 0 Å². The van der Waals surface area contributed by atoms with Gasteiger partial charge in [0.1, 0.15) is 0 Å². The first kappa shape index (κ1) is 11.5. The van der Waals surface area contributed by atoms with Crippen molar-refractivity contribution in [2.24, 2.45) is 0 Å². The van der Waals surface area contributed by atoms with Crippen LogP contribution in [0.1, 0.15) is 27.7 Å². The van der Waals surface area contributed by atoms with Crippen molar-refractivity contribution in [2.75, 3.05) is 13.1 Å². The zero-order valence-corrected chi connectivity index (χ0v) is 12.4. The maximum absolute atomic E-state index is 3.67. The van der Waals surface area contributed by atoms with Gasteiger partial charge in [-0.05, 0) is 0 Å². The summed E-state index contributed by atoms with van der Waals surface area (Å²) in [4.78, 5) is 0. The quantitative estimate of drug-likeness (QED) is 0.444. The fourth-order valence-corrected chi connectivity index (χ4v) is 5.65. The van der Waals surface area contributed by atoms with E-state index in [1.807, 2.05) is 0 Å². The Morgan fingerprint density at radius 2 is 1.58 bits per heavy atom. The Kier molecular flexibility index (Phi) is 3.68. The Morgan fingerprint density at radius 1 is 1.17 bits per heavy atom. The SMILES string of the molecule is CC1(C)CN([I-]I)CC(C)(C)N1. The van der Waals surface area contributed by atoms with E-state index in [9.17, 15) is 0 Å². The fraction of sp³-hybridized carbons (Fsp3) is 1.00. The summed E-state index contributed by atoms with van der Waals surface area (Å²) in [5, 5.41) is 3.67. The summed E-state index contributed by atoms with van der Waals surface area (Å²) < 4.78 is 2.61. The van der Waals surface area contributed by atoms with Crippen molar-refractivity contribution in [2.45, 2.75) is 38.8 Å². The van der Waals surface area contributed by atoms with E-state index in [4.69, 9.17) is 0 Å². The molecule has 74 valence electrons. The van der Waals surface area contributed by atoms with Crippen LogP contribution in [0, 0.1) is 0 Å². The molecule has 12 heavy (non-hydrogen) atoms. The average molecular weight is 395 g/mol. The van der Waals surface area contributed by atoms with E-state index in [-0.39, 0.29) is 28.6 Å². The van der Waals surface area contributed by atoms with Crippen LogP contribution in [0.3, 0.4) is 0 Å². The second kappa shape index (κ2) is 3.86. The Morgan fingerprint density at radius 3 is 1.92 bits per heavy atom. The third kappa shape index (κ3) is 3.26. The minimum atomic E-state index is 0.230. The zero-order chi connectivity index (χ0) is 9.41. The average Bonchev–Trinajstić information content (AvgIpc) is 1.80. The van der Waals surface area contributed by atoms with Gasteiger partial charge < -0.3 is 0 Å². The van der Waals surface area contributed by atoms with Gasteiger partial charge in [0.25, 0.3) is 0 Å². The summed E-state index contributed by atoms with van der Waals surface area (Å²) in [6.45, 7) is 11.6. The van der Waals surface area contributed by atoms with Crippen molar-refractivity contribution in [3.05, 3.63) is 0 Å². The van der Waals surface area contributed by atoms with E-state index in [1.165, 1.54) is 13.1 Å². The molecule has 0 saturated carbocycles. The fourth-order valence-electron chi connectivity index (χ4n) is 1.95. The number of piperazine rings is 1. The topological polar surface area (TPSA) is 15.3 Å². The van der Waals surface area contributed by atoms with Crippen LogP contribution >= 0.6 is 18.6 Å². The summed E-state index contributed by atoms with van der Waals surface area (Å²) >= 11 is 2.78. The van der Waals surface area contributed by atoms with Gasteiger partial charge in [-0.25, -0.2) is 0 Å². The van der Waals surface area contributed by atoms with Gasteiger partial charge in [0.05, 0.1) is 0 Å². The molecule has 1 aliphatic rings. The van der Waals surface area contributed by atoms with E-state index in [0.29, 0.717) is 0 Å². The van der Waals surface area contributed by atoms with Crippen molar-refractivity contribution in [1.82, 2.24) is 8.43 Å². The number of hydrogen-bond acceptors (Lipinski definition) is 2. The van der Waals surface area contributed by atoms with Gasteiger partial charge in [0.15, 0.2) is 0 Å². The molecule has 0 aromatic rings. The summed E-state index contributed by atoms with van der Waals surface area (Å²) in [5.74, 6) is 0. The van der Waals surface area contributed by atoms with Gasteiger partial charge in [-0.2, -0.15) is 0 Å². The summed E-state index contributed by atoms with van der Waals surface area (Å²) in [6.07, 6.45) is 0. The molecular formula is C8H17I2N2-. The van der Waals surface area contributed by atoms with Crippen LogP contribution < -0.4 is 22.8 Å². The molecule has 0 radical (unpaired) electrons. The second-order valence-corrected chi connectivity index (χ2v) is 8.91. The molecule has 0 spiro atoms. The molecule has 0 atom stereocenters. The summed E-state index contributed by atoms with van der Waals surface area (Å²) in [6, 6.07) is 0. The standard InChI is InChI=1S/C8H17I2N2/c1-7(2)5-12(10-9)6-8(3,4)11-7/h11H,5-6H2,1-4H3/q-1. The minimum absolute atomic E-state index is 0.230. The number of nitrogens with zero attached hydrogens (tertiary/aromatic N) is 1. The molecule has 0 aliphatic carbocycles. The van der Waals surface area contributed by atoms with E-state index in [2.05, 4.69) is 54.7 Å². The molecule has 1 aliphatic heterocycles. The predicted octanol–water partition coefficient (Wildman–Crippen LogP) is -1.20. The number of nitrogens with one attached hydrogen (secondary N) is 1. The van der Waals surface area contributed by atoms with Crippen molar-refractivity contribution >= 4 is 18.6 Å². The first-order valence-electron chi connectivity index (χ1n) is 4.15. The Hall–Kier alpha value is 1.38. The van der Waals surface area contributed by atoms with Gasteiger partial charge in [0.2, 0.25) is 0 Å². The molecule has 0 aromatic carbocycles. The van der Waals surface area contributed by atoms with Crippen LogP contribution in [-0.4, -0.2) is 27.3 Å². The van der Waals surface area contributed by atoms with Crippen molar-refractivity contribution in [3.8, 4) is 0 Å². The third-order valence-electron chi connectivity index (χ3n) is 1.90. The van der Waals surface area contributed by atoms with E-state index in [0.717, 1.165) is 0 Å². The third-order valence-corrected chi connectivity index (χ3v) is 6.56. The molecule has 0 bridgehead atoms. The molecule has 1 saturated heterocycles. The zero-order valence-electron chi connectivity index (χ0n) is 8.12. The molecule has 1 rings (SSSR count). The van der Waals surface area contributed by atoms with E-state index >= 15 is 0 Å². The van der Waals surface area contributed by atoms with Crippen molar-refractivity contribution in [3.63, 3.8) is 0 Å². The summed E-state index contributed by atoms with van der Waals surface area (Å²) in [5.41, 5.74) is 0.569. The van der Waals surface area contributed by atoms with Gasteiger partial charge in [-0.3, -0.25) is 0 Å². The molecule has 0 amide bonds. The summed E-state index contributed by atoms with van der Waals surface area (Å²) in [7, 11) is 0. The molecule has 1 N–H and O–H groups in total. The first-order chi connectivity index (χ1) is 5.35. The molecule has 0 aromatic heterocycles. The van der Waals surface area contributed by atoms with Crippen LogP contribution in [0.25, 0.3) is 0 Å². The number of rotatable bonds is 1. The monoisotopic (exact) mass is 395 g/mol. The molecule has 2 nitrogen and oxygen atoms in total. The Labute approximate surface area is 95.6 Å². The second-order valence-electron chi connectivity index (χ2n) is 4.74.